The van der Waals surface area contributed by atoms with Gasteiger partial charge in [-0.2, -0.15) is 0 Å². The normalized spacial score (nSPS) is 20.0. The molecule has 2 aromatic rings. The maximum atomic E-state index is 4.78. The summed E-state index contributed by atoms with van der Waals surface area (Å²) in [7, 11) is 0. The molecule has 1 fully saturated rings. The van der Waals surface area contributed by atoms with Gasteiger partial charge in [0.1, 0.15) is 11.6 Å². The summed E-state index contributed by atoms with van der Waals surface area (Å²) in [4.78, 5) is 16.7. The Morgan fingerprint density at radius 1 is 1.05 bits per heavy atom. The molecule has 1 unspecified atom stereocenters. The van der Waals surface area contributed by atoms with Crippen LogP contribution in [0.4, 0.5) is 5.82 Å². The lowest BCUT2D eigenvalue weighted by molar-refractivity contribution is 0.438. The summed E-state index contributed by atoms with van der Waals surface area (Å²) in [5, 5.41) is 1.20. The number of fused-ring (bicyclic) bond motifs is 2. The Morgan fingerprint density at radius 3 is 2.68 bits per heavy atom. The maximum Gasteiger partial charge on any atom is 0.142 e. The molecule has 2 aromatic heterocycles. The largest absolute Gasteiger partial charge is 0.353 e. The van der Waals surface area contributed by atoms with E-state index in [2.05, 4.69) is 22.9 Å². The van der Waals surface area contributed by atoms with Crippen LogP contribution in [0.25, 0.3) is 10.9 Å². The monoisotopic (exact) mass is 298 g/mol. The van der Waals surface area contributed by atoms with Gasteiger partial charge in [-0.05, 0) is 52.0 Å². The van der Waals surface area contributed by atoms with Gasteiger partial charge in [-0.15, -0.1) is 0 Å². The van der Waals surface area contributed by atoms with Crippen molar-refractivity contribution in [2.24, 2.45) is 0 Å². The highest BCUT2D eigenvalue weighted by molar-refractivity contribution is 5.92. The first-order chi connectivity index (χ1) is 10.7. The molecule has 0 spiro atoms. The van der Waals surface area contributed by atoms with Gasteiger partial charge in [-0.1, -0.05) is 13.8 Å². The van der Waals surface area contributed by atoms with Crippen molar-refractivity contribution >= 4 is 16.7 Å². The van der Waals surface area contributed by atoms with Crippen LogP contribution in [-0.4, -0.2) is 27.5 Å². The second-order valence-electron chi connectivity index (χ2n) is 6.08. The van der Waals surface area contributed by atoms with Gasteiger partial charge in [0.25, 0.3) is 0 Å². The number of rotatable bonds is 0. The van der Waals surface area contributed by atoms with E-state index in [0.717, 1.165) is 35.8 Å². The second-order valence-corrected chi connectivity index (χ2v) is 6.08. The SMILES string of the molecule is CC.Cc1cc2nc(C)nc3c2c(n1)CCC1CCCCN31. The predicted octanol–water partition coefficient (Wildman–Crippen LogP) is 3.97. The molecule has 1 atom stereocenters. The highest BCUT2D eigenvalue weighted by atomic mass is 15.2. The van der Waals surface area contributed by atoms with Crippen LogP contribution in [0.2, 0.25) is 0 Å². The number of hydrogen-bond donors (Lipinski definition) is 0. The molecule has 0 amide bonds. The average molecular weight is 298 g/mol. The van der Waals surface area contributed by atoms with Crippen molar-refractivity contribution in [3.8, 4) is 0 Å². The lowest BCUT2D eigenvalue weighted by atomic mass is 9.99. The van der Waals surface area contributed by atoms with Gasteiger partial charge >= 0.3 is 0 Å². The van der Waals surface area contributed by atoms with Crippen LogP contribution in [0.5, 0.6) is 0 Å². The first kappa shape index (κ1) is 15.2. The van der Waals surface area contributed by atoms with Gasteiger partial charge in [-0.3, -0.25) is 4.98 Å². The zero-order valence-corrected chi connectivity index (χ0v) is 14.2. The fourth-order valence-electron chi connectivity index (χ4n) is 3.73. The molecular weight excluding hydrogens is 272 g/mol. The lowest BCUT2D eigenvalue weighted by Crippen LogP contribution is -2.39. The standard InChI is InChI=1S/C16H20N4.C2H6/c1-10-9-14-15-13(17-10)7-6-12-5-3-4-8-20(12)16(15)19-11(2)18-14;1-2/h9,12H,3-8H2,1-2H3;1-2H3. The molecule has 4 heterocycles. The van der Waals surface area contributed by atoms with E-state index in [1.54, 1.807) is 0 Å². The molecule has 0 aliphatic carbocycles. The fraction of sp³-hybridized carbons (Fsp3) is 0.611. The topological polar surface area (TPSA) is 41.9 Å². The quantitative estimate of drug-likeness (QED) is 0.738. The number of aryl methyl sites for hydroxylation is 3. The molecule has 0 bridgehead atoms. The second kappa shape index (κ2) is 6.19. The van der Waals surface area contributed by atoms with Crippen molar-refractivity contribution < 1.29 is 0 Å². The number of nitrogens with zero attached hydrogens (tertiary/aromatic N) is 4. The molecule has 0 N–H and O–H groups in total. The molecular formula is C18H26N4. The van der Waals surface area contributed by atoms with Crippen molar-refractivity contribution in [2.45, 2.75) is 65.8 Å². The summed E-state index contributed by atoms with van der Waals surface area (Å²) in [6.45, 7) is 9.18. The van der Waals surface area contributed by atoms with E-state index in [4.69, 9.17) is 9.97 Å². The van der Waals surface area contributed by atoms with Gasteiger partial charge in [-0.25, -0.2) is 9.97 Å². The van der Waals surface area contributed by atoms with E-state index in [0.29, 0.717) is 6.04 Å². The van der Waals surface area contributed by atoms with Crippen LogP contribution in [0, 0.1) is 13.8 Å². The van der Waals surface area contributed by atoms with Crippen LogP contribution in [0.3, 0.4) is 0 Å². The highest BCUT2D eigenvalue weighted by Crippen LogP contribution is 2.36. The van der Waals surface area contributed by atoms with Crippen LogP contribution >= 0.6 is 0 Å². The number of anilines is 1. The Labute approximate surface area is 133 Å². The predicted molar refractivity (Wildman–Crippen MR) is 91.5 cm³/mol. The third kappa shape index (κ3) is 2.55. The molecule has 4 nitrogen and oxygen atoms in total. The van der Waals surface area contributed by atoms with Crippen LogP contribution in [-0.2, 0) is 6.42 Å². The van der Waals surface area contributed by atoms with Gasteiger partial charge in [0.05, 0.1) is 16.6 Å². The van der Waals surface area contributed by atoms with Crippen molar-refractivity contribution in [1.82, 2.24) is 15.0 Å². The number of hydrogen-bond acceptors (Lipinski definition) is 4. The first-order valence-corrected chi connectivity index (χ1v) is 8.64. The average Bonchev–Trinajstić information content (AvgIpc) is 2.68. The Morgan fingerprint density at radius 2 is 1.86 bits per heavy atom. The summed E-state index contributed by atoms with van der Waals surface area (Å²) in [5.41, 5.74) is 3.34. The van der Waals surface area contributed by atoms with Crippen molar-refractivity contribution in [3.05, 3.63) is 23.3 Å². The van der Waals surface area contributed by atoms with Gasteiger partial charge in [0.2, 0.25) is 0 Å². The first-order valence-electron chi connectivity index (χ1n) is 8.64. The Bertz CT molecular complexity index is 675. The van der Waals surface area contributed by atoms with Crippen molar-refractivity contribution in [2.75, 3.05) is 11.4 Å². The van der Waals surface area contributed by atoms with Crippen molar-refractivity contribution in [1.29, 1.82) is 0 Å². The molecule has 0 aromatic carbocycles. The number of piperidine rings is 1. The van der Waals surface area contributed by atoms with Crippen LogP contribution in [0.15, 0.2) is 6.07 Å². The molecule has 118 valence electrons. The van der Waals surface area contributed by atoms with Gasteiger partial charge < -0.3 is 4.90 Å². The molecule has 1 saturated heterocycles. The molecule has 2 aliphatic rings. The van der Waals surface area contributed by atoms with E-state index in [9.17, 15) is 0 Å². The molecule has 4 heteroatoms. The summed E-state index contributed by atoms with van der Waals surface area (Å²) in [6, 6.07) is 2.73. The van der Waals surface area contributed by atoms with Gasteiger partial charge in [0.15, 0.2) is 0 Å². The molecule has 0 saturated carbocycles. The van der Waals surface area contributed by atoms with Crippen LogP contribution < -0.4 is 4.90 Å². The summed E-state index contributed by atoms with van der Waals surface area (Å²) >= 11 is 0. The Hall–Kier alpha value is -1.71. The highest BCUT2D eigenvalue weighted by Gasteiger charge is 2.29. The fourth-order valence-corrected chi connectivity index (χ4v) is 3.73. The maximum absolute atomic E-state index is 4.78. The van der Waals surface area contributed by atoms with Crippen molar-refractivity contribution in [3.63, 3.8) is 0 Å². The zero-order chi connectivity index (χ0) is 15.7. The van der Waals surface area contributed by atoms with Gasteiger partial charge in [0, 0.05) is 18.3 Å². The van der Waals surface area contributed by atoms with E-state index < -0.39 is 0 Å². The van der Waals surface area contributed by atoms with Crippen LogP contribution in [0.1, 0.15) is 56.7 Å². The summed E-state index contributed by atoms with van der Waals surface area (Å²) < 4.78 is 0. The third-order valence-electron chi connectivity index (χ3n) is 4.59. The minimum atomic E-state index is 0.635. The summed E-state index contributed by atoms with van der Waals surface area (Å²) in [5.74, 6) is 2.01. The minimum Gasteiger partial charge on any atom is -0.353 e. The Balaban J connectivity index is 0.000000693. The molecule has 22 heavy (non-hydrogen) atoms. The van der Waals surface area contributed by atoms with E-state index in [1.165, 1.54) is 36.8 Å². The van der Waals surface area contributed by atoms with E-state index >= 15 is 0 Å². The molecule has 2 aliphatic heterocycles. The minimum absolute atomic E-state index is 0.635. The Kier molecular flexibility index (Phi) is 4.27. The molecule has 4 rings (SSSR count). The zero-order valence-electron chi connectivity index (χ0n) is 14.2. The van der Waals surface area contributed by atoms with E-state index in [-0.39, 0.29) is 0 Å². The number of pyridine rings is 1. The smallest absolute Gasteiger partial charge is 0.142 e. The van der Waals surface area contributed by atoms with E-state index in [1.807, 2.05) is 20.8 Å². The third-order valence-corrected chi connectivity index (χ3v) is 4.59. The lowest BCUT2D eigenvalue weighted by Gasteiger charge is -2.36. The summed E-state index contributed by atoms with van der Waals surface area (Å²) in [6.07, 6.45) is 6.16. The molecule has 0 radical (unpaired) electrons. The number of aromatic nitrogens is 3.